The molecule has 1 N–H and O–H groups in total. The number of halogens is 3. The van der Waals surface area contributed by atoms with E-state index in [4.69, 9.17) is 44.3 Å². The van der Waals surface area contributed by atoms with Gasteiger partial charge in [-0.05, 0) is 24.3 Å². The molecule has 0 saturated carbocycles. The summed E-state index contributed by atoms with van der Waals surface area (Å²) in [6.45, 7) is 0. The predicted molar refractivity (Wildman–Crippen MR) is 91.3 cm³/mol. The van der Waals surface area contributed by atoms with Gasteiger partial charge in [-0.25, -0.2) is 0 Å². The average Bonchev–Trinajstić information content (AvgIpc) is 2.94. The van der Waals surface area contributed by atoms with Gasteiger partial charge in [0.15, 0.2) is 11.5 Å². The lowest BCUT2D eigenvalue weighted by Gasteiger charge is -2.33. The SMILES string of the molecule is O=C(NC1(C(Cl)(Cl)Cl)Oc2ccccc2O1)c1ccc([N+](=O)[O-])cc1. The molecule has 1 aliphatic heterocycles. The summed E-state index contributed by atoms with van der Waals surface area (Å²) in [6.07, 6.45) is 0. The Morgan fingerprint density at radius 1 is 1.04 bits per heavy atom. The number of hydrogen-bond donors (Lipinski definition) is 1. The Bertz CT molecular complexity index is 811. The summed E-state index contributed by atoms with van der Waals surface area (Å²) in [5.41, 5.74) is -0.0595. The van der Waals surface area contributed by atoms with Crippen molar-refractivity contribution in [2.45, 2.75) is 9.70 Å². The maximum Gasteiger partial charge on any atom is 0.388 e. The number of nitrogens with zero attached hydrogens (tertiary/aromatic N) is 1. The summed E-state index contributed by atoms with van der Waals surface area (Å²) < 4.78 is 8.95. The van der Waals surface area contributed by atoms with Gasteiger partial charge in [-0.1, -0.05) is 46.9 Å². The molecule has 0 radical (unpaired) electrons. The first-order valence-corrected chi connectivity index (χ1v) is 7.96. The van der Waals surface area contributed by atoms with E-state index in [1.807, 2.05) is 0 Å². The van der Waals surface area contributed by atoms with Crippen LogP contribution in [0.3, 0.4) is 0 Å². The van der Waals surface area contributed by atoms with Crippen molar-refractivity contribution in [3.05, 3.63) is 64.2 Å². The quantitative estimate of drug-likeness (QED) is 0.478. The number of alkyl halides is 3. The van der Waals surface area contributed by atoms with Gasteiger partial charge in [-0.15, -0.1) is 0 Å². The molecule has 0 unspecified atom stereocenters. The van der Waals surface area contributed by atoms with Gasteiger partial charge in [0.25, 0.3) is 15.4 Å². The van der Waals surface area contributed by atoms with Gasteiger partial charge >= 0.3 is 5.91 Å². The normalized spacial score (nSPS) is 14.8. The Hall–Kier alpha value is -2.22. The minimum Gasteiger partial charge on any atom is -0.428 e. The lowest BCUT2D eigenvalue weighted by molar-refractivity contribution is -0.384. The summed E-state index contributed by atoms with van der Waals surface area (Å²) in [4.78, 5) is 22.6. The summed E-state index contributed by atoms with van der Waals surface area (Å²) in [6, 6.07) is 11.5. The molecule has 0 fully saturated rings. The first kappa shape index (κ1) is 17.6. The molecule has 0 atom stereocenters. The third-order valence-electron chi connectivity index (χ3n) is 3.35. The molecular formula is C15H9Cl3N2O5. The van der Waals surface area contributed by atoms with Crippen molar-refractivity contribution in [1.82, 2.24) is 5.32 Å². The van der Waals surface area contributed by atoms with Crippen molar-refractivity contribution in [3.63, 3.8) is 0 Å². The van der Waals surface area contributed by atoms with Crippen LogP contribution in [0, 0.1) is 10.1 Å². The van der Waals surface area contributed by atoms with Crippen LogP contribution in [-0.4, -0.2) is 20.5 Å². The highest BCUT2D eigenvalue weighted by molar-refractivity contribution is 6.68. The Labute approximate surface area is 156 Å². The van der Waals surface area contributed by atoms with Gasteiger partial charge < -0.3 is 9.47 Å². The zero-order valence-corrected chi connectivity index (χ0v) is 14.5. The number of carbonyl (C=O) groups excluding carboxylic acids is 1. The van der Waals surface area contributed by atoms with Crippen LogP contribution in [0.2, 0.25) is 0 Å². The van der Waals surface area contributed by atoms with Gasteiger partial charge in [0.05, 0.1) is 4.92 Å². The minimum absolute atomic E-state index is 0.0994. The molecule has 25 heavy (non-hydrogen) atoms. The molecule has 0 saturated heterocycles. The Morgan fingerprint density at radius 3 is 2.00 bits per heavy atom. The van der Waals surface area contributed by atoms with Gasteiger partial charge in [-0.2, -0.15) is 0 Å². The van der Waals surface area contributed by atoms with Crippen molar-refractivity contribution < 1.29 is 19.2 Å². The monoisotopic (exact) mass is 402 g/mol. The number of rotatable bonds is 3. The first-order valence-electron chi connectivity index (χ1n) is 6.83. The summed E-state index contributed by atoms with van der Waals surface area (Å²) >= 11 is 17.9. The van der Waals surface area contributed by atoms with E-state index in [0.717, 1.165) is 0 Å². The molecule has 0 bridgehead atoms. The molecule has 3 rings (SSSR count). The number of nitrogens with one attached hydrogen (secondary N) is 1. The third-order valence-corrected chi connectivity index (χ3v) is 4.09. The van der Waals surface area contributed by atoms with Crippen molar-refractivity contribution in [1.29, 1.82) is 0 Å². The van der Waals surface area contributed by atoms with E-state index in [2.05, 4.69) is 5.32 Å². The number of carbonyl (C=O) groups is 1. The van der Waals surface area contributed by atoms with E-state index in [9.17, 15) is 14.9 Å². The highest BCUT2D eigenvalue weighted by Crippen LogP contribution is 2.48. The molecular weight excluding hydrogens is 395 g/mol. The number of nitro benzene ring substituents is 1. The lowest BCUT2D eigenvalue weighted by Crippen LogP contribution is -2.63. The second kappa shape index (κ2) is 6.25. The molecule has 1 amide bonds. The maximum atomic E-state index is 12.5. The number of fused-ring (bicyclic) bond motifs is 1. The summed E-state index contributed by atoms with van der Waals surface area (Å²) in [5, 5.41) is 13.1. The minimum atomic E-state index is -2.16. The largest absolute Gasteiger partial charge is 0.428 e. The fourth-order valence-corrected chi connectivity index (χ4v) is 2.52. The van der Waals surface area contributed by atoms with E-state index in [1.54, 1.807) is 24.3 Å². The van der Waals surface area contributed by atoms with Gasteiger partial charge in [0, 0.05) is 17.7 Å². The number of hydrogen-bond acceptors (Lipinski definition) is 5. The molecule has 2 aromatic carbocycles. The van der Waals surface area contributed by atoms with E-state index in [0.29, 0.717) is 0 Å². The van der Waals surface area contributed by atoms with Gasteiger partial charge in [-0.3, -0.25) is 20.2 Å². The molecule has 1 heterocycles. The first-order chi connectivity index (χ1) is 11.7. The zero-order chi connectivity index (χ0) is 18.2. The molecule has 0 aromatic heterocycles. The van der Waals surface area contributed by atoms with Crippen LogP contribution in [0.25, 0.3) is 0 Å². The molecule has 7 nitrogen and oxygen atoms in total. The smallest absolute Gasteiger partial charge is 0.388 e. The predicted octanol–water partition coefficient (Wildman–Crippen LogP) is 3.82. The fourth-order valence-electron chi connectivity index (χ4n) is 2.14. The molecule has 0 aliphatic carbocycles. The number of ether oxygens (including phenoxy) is 2. The zero-order valence-electron chi connectivity index (χ0n) is 12.2. The second-order valence-electron chi connectivity index (χ2n) is 5.02. The van der Waals surface area contributed by atoms with Crippen LogP contribution >= 0.6 is 34.8 Å². The summed E-state index contributed by atoms with van der Waals surface area (Å²) in [7, 11) is 0. The topological polar surface area (TPSA) is 90.7 Å². The maximum absolute atomic E-state index is 12.5. The van der Waals surface area contributed by atoms with E-state index in [1.165, 1.54) is 24.3 Å². The Kier molecular flexibility index (Phi) is 4.40. The molecule has 10 heteroatoms. The van der Waals surface area contributed by atoms with Crippen LogP contribution in [0.5, 0.6) is 11.5 Å². The van der Waals surface area contributed by atoms with Crippen molar-refractivity contribution >= 4 is 46.4 Å². The number of non-ortho nitro benzene ring substituents is 1. The molecule has 130 valence electrons. The number of para-hydroxylation sites is 2. The van der Waals surface area contributed by atoms with E-state index < -0.39 is 20.5 Å². The van der Waals surface area contributed by atoms with Gasteiger partial charge in [0.1, 0.15) is 0 Å². The number of benzene rings is 2. The number of nitro groups is 1. The van der Waals surface area contributed by atoms with E-state index >= 15 is 0 Å². The van der Waals surface area contributed by atoms with Crippen molar-refractivity contribution in [2.75, 3.05) is 0 Å². The molecule has 1 aliphatic rings. The third kappa shape index (κ3) is 3.30. The second-order valence-corrected chi connectivity index (χ2v) is 7.30. The van der Waals surface area contributed by atoms with Crippen molar-refractivity contribution in [3.8, 4) is 11.5 Å². The molecule has 0 spiro atoms. The van der Waals surface area contributed by atoms with Crippen LogP contribution < -0.4 is 14.8 Å². The highest BCUT2D eigenvalue weighted by Gasteiger charge is 2.59. The van der Waals surface area contributed by atoms with Crippen molar-refractivity contribution in [2.24, 2.45) is 0 Å². The summed E-state index contributed by atoms with van der Waals surface area (Å²) in [5.74, 6) is -2.20. The number of amides is 1. The van der Waals surface area contributed by atoms with Crippen LogP contribution in [0.4, 0.5) is 5.69 Å². The van der Waals surface area contributed by atoms with Crippen LogP contribution in [0.1, 0.15) is 10.4 Å². The standard InChI is InChI=1S/C15H9Cl3N2O5/c16-14(17,18)15(24-11-3-1-2-4-12(11)25-15)19-13(21)9-5-7-10(8-6-9)20(22)23/h1-8H,(H,19,21). The fraction of sp³-hybridized carbons (Fsp3) is 0.133. The average molecular weight is 404 g/mol. The van der Waals surface area contributed by atoms with Crippen LogP contribution in [0.15, 0.2) is 48.5 Å². The highest BCUT2D eigenvalue weighted by atomic mass is 35.6. The van der Waals surface area contributed by atoms with Gasteiger partial charge in [0.2, 0.25) is 0 Å². The lowest BCUT2D eigenvalue weighted by atomic mass is 10.2. The Balaban J connectivity index is 1.87. The Morgan fingerprint density at radius 2 is 1.56 bits per heavy atom. The van der Waals surface area contributed by atoms with Crippen LogP contribution in [-0.2, 0) is 0 Å². The van der Waals surface area contributed by atoms with E-state index in [-0.39, 0.29) is 22.7 Å². The molecule has 2 aromatic rings.